The Bertz CT molecular complexity index is 519. The minimum atomic E-state index is -0.591. The van der Waals surface area contributed by atoms with E-state index in [9.17, 15) is 9.18 Å². The molecule has 1 heterocycles. The minimum absolute atomic E-state index is 0.0700. The Balaban J connectivity index is 2.63. The summed E-state index contributed by atoms with van der Waals surface area (Å²) < 4.78 is 14.2. The van der Waals surface area contributed by atoms with Crippen molar-refractivity contribution in [2.75, 3.05) is 0 Å². The molecule has 0 amide bonds. The Kier molecular flexibility index (Phi) is 2.09. The molecule has 72 valence electrons. The molecule has 2 rings (SSSR count). The number of benzene rings is 1. The summed E-state index contributed by atoms with van der Waals surface area (Å²) in [5.74, 6) is -0.591. The number of aromatic nitrogens is 3. The van der Waals surface area contributed by atoms with E-state index in [0.717, 1.165) is 10.7 Å². The van der Waals surface area contributed by atoms with E-state index in [1.54, 1.807) is 0 Å². The Morgan fingerprint density at radius 2 is 2.29 bits per heavy atom. The van der Waals surface area contributed by atoms with Crippen molar-refractivity contribution >= 4 is 11.6 Å². The number of halogens is 2. The molecule has 0 atom stereocenters. The Morgan fingerprint density at radius 1 is 1.50 bits per heavy atom. The van der Waals surface area contributed by atoms with Gasteiger partial charge >= 0.3 is 5.69 Å². The van der Waals surface area contributed by atoms with Crippen molar-refractivity contribution in [1.82, 2.24) is 14.8 Å². The average molecular weight is 214 g/mol. The Hall–Kier alpha value is -1.62. The molecule has 0 fully saturated rings. The van der Waals surface area contributed by atoms with Gasteiger partial charge in [-0.3, -0.25) is 4.98 Å². The second kappa shape index (κ2) is 3.26. The SMILES string of the molecule is O=c1[nH]cnn1-c1ccc(Cl)cc1F. The van der Waals surface area contributed by atoms with Crippen molar-refractivity contribution in [3.8, 4) is 5.69 Å². The normalized spacial score (nSPS) is 10.4. The van der Waals surface area contributed by atoms with Crippen molar-refractivity contribution in [3.05, 3.63) is 45.9 Å². The van der Waals surface area contributed by atoms with Gasteiger partial charge in [0.2, 0.25) is 0 Å². The smallest absolute Gasteiger partial charge is 0.295 e. The average Bonchev–Trinajstić information content (AvgIpc) is 2.52. The lowest BCUT2D eigenvalue weighted by molar-refractivity contribution is 0.608. The molecular weight excluding hydrogens is 209 g/mol. The van der Waals surface area contributed by atoms with Gasteiger partial charge in [-0.2, -0.15) is 9.78 Å². The molecule has 0 aliphatic rings. The van der Waals surface area contributed by atoms with Crippen LogP contribution in [0.25, 0.3) is 5.69 Å². The van der Waals surface area contributed by atoms with Gasteiger partial charge in [0.1, 0.15) is 12.0 Å². The second-order valence-corrected chi connectivity index (χ2v) is 3.04. The van der Waals surface area contributed by atoms with Crippen molar-refractivity contribution in [1.29, 1.82) is 0 Å². The molecule has 0 aliphatic carbocycles. The van der Waals surface area contributed by atoms with Crippen molar-refractivity contribution in [2.24, 2.45) is 0 Å². The van der Waals surface area contributed by atoms with Crippen LogP contribution < -0.4 is 5.69 Å². The molecule has 4 nitrogen and oxygen atoms in total. The maximum absolute atomic E-state index is 13.3. The molecule has 14 heavy (non-hydrogen) atoms. The number of H-pyrrole nitrogens is 1. The summed E-state index contributed by atoms with van der Waals surface area (Å²) in [5, 5.41) is 3.92. The monoisotopic (exact) mass is 213 g/mol. The number of hydrogen-bond donors (Lipinski definition) is 1. The quantitative estimate of drug-likeness (QED) is 0.778. The van der Waals surface area contributed by atoms with Gasteiger partial charge in [-0.15, -0.1) is 0 Å². The molecule has 0 spiro atoms. The molecule has 1 aromatic heterocycles. The van der Waals surface area contributed by atoms with Crippen LogP contribution in [0, 0.1) is 5.82 Å². The topological polar surface area (TPSA) is 50.7 Å². The third-order valence-electron chi connectivity index (χ3n) is 1.69. The van der Waals surface area contributed by atoms with E-state index < -0.39 is 11.5 Å². The molecule has 1 aromatic carbocycles. The third-order valence-corrected chi connectivity index (χ3v) is 1.93. The van der Waals surface area contributed by atoms with E-state index in [1.807, 2.05) is 0 Å². The summed E-state index contributed by atoms with van der Waals surface area (Å²) in [6.07, 6.45) is 1.19. The van der Waals surface area contributed by atoms with Crippen molar-refractivity contribution in [2.45, 2.75) is 0 Å². The minimum Gasteiger partial charge on any atom is -0.295 e. The number of rotatable bonds is 1. The van der Waals surface area contributed by atoms with Crippen LogP contribution in [0.4, 0.5) is 4.39 Å². The fourth-order valence-corrected chi connectivity index (χ4v) is 1.24. The molecule has 1 N–H and O–H groups in total. The molecule has 6 heteroatoms. The number of nitrogens with zero attached hydrogens (tertiary/aromatic N) is 2. The van der Waals surface area contributed by atoms with Gasteiger partial charge in [0.15, 0.2) is 5.82 Å². The zero-order chi connectivity index (χ0) is 10.1. The molecular formula is C8H5ClFN3O. The van der Waals surface area contributed by atoms with Gasteiger partial charge in [-0.05, 0) is 18.2 Å². The molecule has 2 aromatic rings. The first-order valence-corrected chi connectivity index (χ1v) is 4.14. The number of nitrogens with one attached hydrogen (secondary N) is 1. The Morgan fingerprint density at radius 3 is 2.86 bits per heavy atom. The summed E-state index contributed by atoms with van der Waals surface area (Å²) in [5.41, 5.74) is -0.424. The highest BCUT2D eigenvalue weighted by Gasteiger charge is 2.07. The number of aromatic amines is 1. The van der Waals surface area contributed by atoms with Gasteiger partial charge in [-0.25, -0.2) is 9.18 Å². The van der Waals surface area contributed by atoms with Crippen LogP contribution in [0.3, 0.4) is 0 Å². The van der Waals surface area contributed by atoms with Crippen molar-refractivity contribution < 1.29 is 4.39 Å². The first-order valence-electron chi connectivity index (χ1n) is 3.76. The van der Waals surface area contributed by atoms with Crippen molar-refractivity contribution in [3.63, 3.8) is 0 Å². The summed E-state index contributed by atoms with van der Waals surface area (Å²) >= 11 is 5.56. The van der Waals surface area contributed by atoms with E-state index in [2.05, 4.69) is 10.1 Å². The standard InChI is InChI=1S/C8H5ClFN3O/c9-5-1-2-7(6(10)3-5)13-8(14)11-4-12-13/h1-4H,(H,11,12,14). The highest BCUT2D eigenvalue weighted by Crippen LogP contribution is 2.15. The van der Waals surface area contributed by atoms with E-state index in [4.69, 9.17) is 11.6 Å². The second-order valence-electron chi connectivity index (χ2n) is 2.60. The highest BCUT2D eigenvalue weighted by molar-refractivity contribution is 6.30. The number of hydrogen-bond acceptors (Lipinski definition) is 2. The maximum atomic E-state index is 13.3. The van der Waals surface area contributed by atoms with Gasteiger partial charge in [-0.1, -0.05) is 11.6 Å². The van der Waals surface area contributed by atoms with Crippen LogP contribution in [-0.4, -0.2) is 14.8 Å². The van der Waals surface area contributed by atoms with E-state index in [-0.39, 0.29) is 10.7 Å². The third kappa shape index (κ3) is 1.42. The van der Waals surface area contributed by atoms with Gasteiger partial charge in [0.25, 0.3) is 0 Å². The summed E-state index contributed by atoms with van der Waals surface area (Å²) in [7, 11) is 0. The summed E-state index contributed by atoms with van der Waals surface area (Å²) in [4.78, 5) is 13.4. The zero-order valence-electron chi connectivity index (χ0n) is 6.87. The van der Waals surface area contributed by atoms with Crippen LogP contribution in [0.2, 0.25) is 5.02 Å². The lowest BCUT2D eigenvalue weighted by atomic mass is 10.3. The van der Waals surface area contributed by atoms with E-state index in [0.29, 0.717) is 0 Å². The summed E-state index contributed by atoms with van der Waals surface area (Å²) in [6.45, 7) is 0. The Labute approximate surface area is 82.9 Å². The fourth-order valence-electron chi connectivity index (χ4n) is 1.08. The first kappa shape index (κ1) is 8.96. The van der Waals surface area contributed by atoms with Crippen LogP contribution in [0.15, 0.2) is 29.3 Å². The van der Waals surface area contributed by atoms with Crippen LogP contribution in [0.5, 0.6) is 0 Å². The van der Waals surface area contributed by atoms with Crippen LogP contribution in [0.1, 0.15) is 0 Å². The molecule has 0 unspecified atom stereocenters. The lowest BCUT2D eigenvalue weighted by Gasteiger charge is -2.00. The van der Waals surface area contributed by atoms with Crippen LogP contribution in [-0.2, 0) is 0 Å². The van der Waals surface area contributed by atoms with Gasteiger partial charge < -0.3 is 0 Å². The van der Waals surface area contributed by atoms with E-state index in [1.165, 1.54) is 18.5 Å². The molecule has 0 radical (unpaired) electrons. The molecule has 0 bridgehead atoms. The maximum Gasteiger partial charge on any atom is 0.347 e. The highest BCUT2D eigenvalue weighted by atomic mass is 35.5. The molecule has 0 saturated carbocycles. The van der Waals surface area contributed by atoms with Gasteiger partial charge in [0.05, 0.1) is 0 Å². The fraction of sp³-hybridized carbons (Fsp3) is 0. The molecule has 0 saturated heterocycles. The summed E-state index contributed by atoms with van der Waals surface area (Å²) in [6, 6.07) is 4.00. The predicted octanol–water partition coefficient (Wildman–Crippen LogP) is 1.35. The lowest BCUT2D eigenvalue weighted by Crippen LogP contribution is -2.17. The molecule has 0 aliphatic heterocycles. The predicted molar refractivity (Wildman–Crippen MR) is 49.2 cm³/mol. The van der Waals surface area contributed by atoms with E-state index >= 15 is 0 Å². The largest absolute Gasteiger partial charge is 0.347 e. The van der Waals surface area contributed by atoms with Gasteiger partial charge in [0, 0.05) is 5.02 Å². The first-order chi connectivity index (χ1) is 6.68. The van der Waals surface area contributed by atoms with Crippen LogP contribution >= 0.6 is 11.6 Å². The zero-order valence-corrected chi connectivity index (χ0v) is 7.62.